The number of pyridine rings is 1. The number of hydrogen-bond acceptors (Lipinski definition) is 6. The molecule has 2 heterocycles. The first kappa shape index (κ1) is 21.3. The fourth-order valence-electron chi connectivity index (χ4n) is 3.43. The molecule has 0 aliphatic heterocycles. The second-order valence-corrected chi connectivity index (χ2v) is 7.17. The van der Waals surface area contributed by atoms with Crippen molar-refractivity contribution in [1.82, 2.24) is 15.0 Å². The van der Waals surface area contributed by atoms with Gasteiger partial charge in [0.1, 0.15) is 18.0 Å². The molecule has 4 rings (SSSR count). The van der Waals surface area contributed by atoms with E-state index in [2.05, 4.69) is 25.6 Å². The van der Waals surface area contributed by atoms with E-state index in [4.69, 9.17) is 4.74 Å². The van der Waals surface area contributed by atoms with Crippen molar-refractivity contribution in [3.63, 3.8) is 0 Å². The Hall–Kier alpha value is -3.95. The second-order valence-electron chi connectivity index (χ2n) is 7.17. The minimum absolute atomic E-state index is 0.0758. The van der Waals surface area contributed by atoms with Crippen LogP contribution in [0.15, 0.2) is 65.6 Å². The molecule has 0 aliphatic rings. The van der Waals surface area contributed by atoms with Crippen LogP contribution in [0.25, 0.3) is 22.4 Å². The van der Waals surface area contributed by atoms with Crippen LogP contribution in [-0.4, -0.2) is 46.2 Å². The molecule has 9 nitrogen and oxygen atoms in total. The minimum Gasteiger partial charge on any atom is -0.387 e. The lowest BCUT2D eigenvalue weighted by molar-refractivity contribution is -0.119. The number of aliphatic hydroxyl groups excluding tert-OH is 1. The number of amides is 1. The molecule has 1 atom stereocenters. The number of carbonyl (C=O) groups excluding carboxylic acids is 1. The number of aromatic amines is 2. The van der Waals surface area contributed by atoms with Gasteiger partial charge in [-0.1, -0.05) is 36.4 Å². The van der Waals surface area contributed by atoms with E-state index in [1.165, 1.54) is 13.3 Å². The number of ether oxygens (including phenoxy) is 1. The molecule has 0 radical (unpaired) electrons. The highest BCUT2D eigenvalue weighted by Crippen LogP contribution is 2.28. The third-order valence-electron chi connectivity index (χ3n) is 4.94. The zero-order chi connectivity index (χ0) is 22.5. The Morgan fingerprint density at radius 2 is 1.94 bits per heavy atom. The highest BCUT2D eigenvalue weighted by molar-refractivity contribution is 6.00. The lowest BCUT2D eigenvalue weighted by atomic mass is 10.1. The zero-order valence-electron chi connectivity index (χ0n) is 17.4. The lowest BCUT2D eigenvalue weighted by Crippen LogP contribution is -2.17. The number of rotatable bonds is 8. The normalized spacial score (nSPS) is 11.9. The van der Waals surface area contributed by atoms with Crippen molar-refractivity contribution in [2.75, 3.05) is 30.9 Å². The highest BCUT2D eigenvalue weighted by atomic mass is 16.5. The van der Waals surface area contributed by atoms with Gasteiger partial charge in [0.2, 0.25) is 5.91 Å². The van der Waals surface area contributed by atoms with Gasteiger partial charge in [0.15, 0.2) is 0 Å². The first-order valence-corrected chi connectivity index (χ1v) is 10.0. The van der Waals surface area contributed by atoms with E-state index in [9.17, 15) is 14.7 Å². The Kier molecular flexibility index (Phi) is 6.29. The monoisotopic (exact) mass is 433 g/mol. The summed E-state index contributed by atoms with van der Waals surface area (Å²) >= 11 is 0. The summed E-state index contributed by atoms with van der Waals surface area (Å²) in [5, 5.41) is 16.4. The fourth-order valence-corrected chi connectivity index (χ4v) is 3.43. The molecule has 0 unspecified atom stereocenters. The van der Waals surface area contributed by atoms with Gasteiger partial charge < -0.3 is 30.4 Å². The van der Waals surface area contributed by atoms with E-state index in [1.807, 2.05) is 30.3 Å². The van der Waals surface area contributed by atoms with Crippen molar-refractivity contribution in [1.29, 1.82) is 0 Å². The SMILES string of the molecule is COCC(=O)Nc1cccc2nc(-c3c(NC[C@H](O)c4ccccc4)cc[nH]c3=O)[nH]c12. The van der Waals surface area contributed by atoms with Crippen LogP contribution in [0, 0.1) is 0 Å². The van der Waals surface area contributed by atoms with Crippen molar-refractivity contribution in [2.24, 2.45) is 0 Å². The van der Waals surface area contributed by atoms with Crippen LogP contribution < -0.4 is 16.2 Å². The molecular formula is C23H23N5O4. The number of aliphatic hydroxyl groups is 1. The molecule has 0 aliphatic carbocycles. The number of carbonyl (C=O) groups is 1. The Labute approximate surface area is 183 Å². The topological polar surface area (TPSA) is 132 Å². The summed E-state index contributed by atoms with van der Waals surface area (Å²) in [6, 6.07) is 16.3. The maximum absolute atomic E-state index is 12.7. The Morgan fingerprint density at radius 3 is 2.72 bits per heavy atom. The second kappa shape index (κ2) is 9.46. The van der Waals surface area contributed by atoms with E-state index < -0.39 is 6.10 Å². The molecule has 9 heteroatoms. The molecule has 0 spiro atoms. The number of methoxy groups -OCH3 is 1. The van der Waals surface area contributed by atoms with E-state index in [0.717, 1.165) is 5.56 Å². The van der Waals surface area contributed by atoms with Gasteiger partial charge in [-0.05, 0) is 23.8 Å². The van der Waals surface area contributed by atoms with Crippen LogP contribution in [0.4, 0.5) is 11.4 Å². The Morgan fingerprint density at radius 1 is 1.12 bits per heavy atom. The number of anilines is 2. The summed E-state index contributed by atoms with van der Waals surface area (Å²) in [6.07, 6.45) is 0.781. The molecule has 2 aromatic carbocycles. The highest BCUT2D eigenvalue weighted by Gasteiger charge is 2.17. The standard InChI is InChI=1S/C23H23N5O4/c1-32-13-19(30)26-16-8-5-9-17-21(16)28-22(27-17)20-15(10-11-24-23(20)31)25-12-18(29)14-6-3-2-4-7-14/h2-11,18,29H,12-13H2,1H3,(H,26,30)(H,27,28)(H2,24,25,31)/t18-/m0/s1. The number of nitrogens with zero attached hydrogens (tertiary/aromatic N) is 1. The maximum Gasteiger partial charge on any atom is 0.261 e. The van der Waals surface area contributed by atoms with Gasteiger partial charge in [-0.25, -0.2) is 4.98 Å². The molecule has 4 aromatic rings. The van der Waals surface area contributed by atoms with Crippen LogP contribution in [0.2, 0.25) is 0 Å². The third kappa shape index (κ3) is 4.53. The summed E-state index contributed by atoms with van der Waals surface area (Å²) in [5.41, 5.74) is 2.97. The predicted molar refractivity (Wildman–Crippen MR) is 123 cm³/mol. The lowest BCUT2D eigenvalue weighted by Gasteiger charge is -2.14. The number of benzene rings is 2. The van der Waals surface area contributed by atoms with Crippen LogP contribution in [0.3, 0.4) is 0 Å². The number of hydrogen-bond donors (Lipinski definition) is 5. The molecule has 5 N–H and O–H groups in total. The maximum atomic E-state index is 12.7. The molecule has 0 saturated carbocycles. The van der Waals surface area contributed by atoms with Crippen molar-refractivity contribution in [3.05, 3.63) is 76.7 Å². The molecule has 1 amide bonds. The average molecular weight is 433 g/mol. The quantitative estimate of drug-likeness (QED) is 0.290. The van der Waals surface area contributed by atoms with E-state index in [0.29, 0.717) is 33.8 Å². The summed E-state index contributed by atoms with van der Waals surface area (Å²) < 4.78 is 4.86. The molecule has 0 bridgehead atoms. The number of nitrogens with one attached hydrogen (secondary N) is 4. The van der Waals surface area contributed by atoms with Gasteiger partial charge in [0, 0.05) is 19.9 Å². The van der Waals surface area contributed by atoms with Crippen LogP contribution in [-0.2, 0) is 9.53 Å². The smallest absolute Gasteiger partial charge is 0.261 e. The van der Waals surface area contributed by atoms with Crippen molar-refractivity contribution in [3.8, 4) is 11.4 Å². The largest absolute Gasteiger partial charge is 0.387 e. The summed E-state index contributed by atoms with van der Waals surface area (Å²) in [6.45, 7) is 0.132. The van der Waals surface area contributed by atoms with Crippen molar-refractivity contribution in [2.45, 2.75) is 6.10 Å². The van der Waals surface area contributed by atoms with E-state index >= 15 is 0 Å². The third-order valence-corrected chi connectivity index (χ3v) is 4.94. The number of imidazole rings is 1. The summed E-state index contributed by atoms with van der Waals surface area (Å²) in [5.74, 6) is 0.0398. The molecule has 0 fully saturated rings. The Balaban J connectivity index is 1.65. The van der Waals surface area contributed by atoms with E-state index in [-0.39, 0.29) is 24.6 Å². The van der Waals surface area contributed by atoms with Gasteiger partial charge in [-0.2, -0.15) is 0 Å². The molecular weight excluding hydrogens is 410 g/mol. The van der Waals surface area contributed by atoms with Crippen LogP contribution in [0.5, 0.6) is 0 Å². The van der Waals surface area contributed by atoms with Gasteiger partial charge >= 0.3 is 0 Å². The van der Waals surface area contributed by atoms with Gasteiger partial charge in [-0.15, -0.1) is 0 Å². The molecule has 2 aromatic heterocycles. The Bertz CT molecular complexity index is 1280. The fraction of sp³-hybridized carbons (Fsp3) is 0.174. The van der Waals surface area contributed by atoms with Gasteiger partial charge in [-0.3, -0.25) is 9.59 Å². The molecule has 32 heavy (non-hydrogen) atoms. The van der Waals surface area contributed by atoms with Crippen LogP contribution >= 0.6 is 0 Å². The van der Waals surface area contributed by atoms with E-state index in [1.54, 1.807) is 24.3 Å². The van der Waals surface area contributed by atoms with Crippen molar-refractivity contribution >= 4 is 28.3 Å². The van der Waals surface area contributed by atoms with Gasteiger partial charge in [0.25, 0.3) is 5.56 Å². The number of aromatic nitrogens is 3. The minimum atomic E-state index is -0.749. The molecule has 164 valence electrons. The number of fused-ring (bicyclic) bond motifs is 1. The molecule has 0 saturated heterocycles. The van der Waals surface area contributed by atoms with Gasteiger partial charge in [0.05, 0.1) is 28.5 Å². The summed E-state index contributed by atoms with van der Waals surface area (Å²) in [7, 11) is 1.44. The average Bonchev–Trinajstić information content (AvgIpc) is 3.23. The number of para-hydroxylation sites is 1. The summed E-state index contributed by atoms with van der Waals surface area (Å²) in [4.78, 5) is 35.0. The first-order valence-electron chi connectivity index (χ1n) is 10.0. The zero-order valence-corrected chi connectivity index (χ0v) is 17.4. The van der Waals surface area contributed by atoms with Crippen molar-refractivity contribution < 1.29 is 14.6 Å². The first-order chi connectivity index (χ1) is 15.6. The predicted octanol–water partition coefficient (Wildman–Crippen LogP) is 2.65. The number of H-pyrrole nitrogens is 2. The van der Waals surface area contributed by atoms with Crippen LogP contribution in [0.1, 0.15) is 11.7 Å².